The van der Waals surface area contributed by atoms with Gasteiger partial charge >= 0.3 is 0 Å². The highest BCUT2D eigenvalue weighted by Crippen LogP contribution is 2.21. The molecule has 0 unspecified atom stereocenters. The van der Waals surface area contributed by atoms with Crippen LogP contribution < -0.4 is 15.5 Å². The SMILES string of the molecule is C/C=N\NC=Nc1ccc2c(n1)OCCNC2. The Kier molecular flexibility index (Phi) is 4.04. The average Bonchev–Trinajstić information content (AvgIpc) is 2.59. The molecule has 2 heterocycles. The van der Waals surface area contributed by atoms with Crippen LogP contribution in [0.5, 0.6) is 5.88 Å². The van der Waals surface area contributed by atoms with Gasteiger partial charge < -0.3 is 10.1 Å². The first-order valence-electron chi connectivity index (χ1n) is 5.49. The standard InChI is InChI=1S/C11H15N5O/c1-2-14-15-8-13-10-4-3-9-7-12-5-6-17-11(9)16-10/h2-4,8,12H,5-7H2,1H3,(H,13,15,16)/b14-2-. The molecule has 1 aliphatic heterocycles. The van der Waals surface area contributed by atoms with E-state index in [-0.39, 0.29) is 0 Å². The lowest BCUT2D eigenvalue weighted by atomic mass is 10.2. The number of fused-ring (bicyclic) bond motifs is 1. The van der Waals surface area contributed by atoms with Crippen LogP contribution in [-0.4, -0.2) is 30.7 Å². The van der Waals surface area contributed by atoms with Gasteiger partial charge in [0.2, 0.25) is 5.88 Å². The molecule has 0 aliphatic carbocycles. The van der Waals surface area contributed by atoms with E-state index >= 15 is 0 Å². The van der Waals surface area contributed by atoms with Crippen LogP contribution in [0.2, 0.25) is 0 Å². The molecule has 1 aromatic rings. The molecule has 0 spiro atoms. The molecule has 0 radical (unpaired) electrons. The third kappa shape index (κ3) is 3.25. The van der Waals surface area contributed by atoms with Crippen LogP contribution in [0.25, 0.3) is 0 Å². The number of rotatable bonds is 3. The van der Waals surface area contributed by atoms with E-state index in [9.17, 15) is 0 Å². The molecule has 0 atom stereocenters. The topological polar surface area (TPSA) is 70.9 Å². The second kappa shape index (κ2) is 5.95. The van der Waals surface area contributed by atoms with Crippen LogP contribution >= 0.6 is 0 Å². The quantitative estimate of drug-likeness (QED) is 0.460. The van der Waals surface area contributed by atoms with E-state index < -0.39 is 0 Å². The van der Waals surface area contributed by atoms with Crippen LogP contribution in [0.4, 0.5) is 5.82 Å². The Labute approximate surface area is 99.8 Å². The monoisotopic (exact) mass is 233 g/mol. The predicted molar refractivity (Wildman–Crippen MR) is 66.9 cm³/mol. The maximum atomic E-state index is 5.52. The summed E-state index contributed by atoms with van der Waals surface area (Å²) in [6.07, 6.45) is 3.13. The van der Waals surface area contributed by atoms with Crippen molar-refractivity contribution in [3.63, 3.8) is 0 Å². The molecule has 0 fully saturated rings. The summed E-state index contributed by atoms with van der Waals surface area (Å²) in [6, 6.07) is 3.82. The van der Waals surface area contributed by atoms with Crippen LogP contribution in [-0.2, 0) is 6.54 Å². The van der Waals surface area contributed by atoms with Crippen LogP contribution in [0.1, 0.15) is 12.5 Å². The Hall–Kier alpha value is -1.95. The largest absolute Gasteiger partial charge is 0.476 e. The third-order valence-electron chi connectivity index (χ3n) is 2.22. The fourth-order valence-corrected chi connectivity index (χ4v) is 1.44. The Balaban J connectivity index is 2.09. The van der Waals surface area contributed by atoms with Gasteiger partial charge in [-0.15, -0.1) is 0 Å². The molecule has 0 aromatic carbocycles. The summed E-state index contributed by atoms with van der Waals surface area (Å²) in [5, 5.41) is 7.04. The summed E-state index contributed by atoms with van der Waals surface area (Å²) in [6.45, 7) is 4.07. The van der Waals surface area contributed by atoms with Gasteiger partial charge in [-0.3, -0.25) is 5.43 Å². The van der Waals surface area contributed by atoms with Crippen LogP contribution in [0, 0.1) is 0 Å². The highest BCUT2D eigenvalue weighted by atomic mass is 16.5. The highest BCUT2D eigenvalue weighted by Gasteiger charge is 2.09. The second-order valence-corrected chi connectivity index (χ2v) is 3.43. The first kappa shape index (κ1) is 11.5. The van der Waals surface area contributed by atoms with Gasteiger partial charge in [-0.2, -0.15) is 10.1 Å². The lowest BCUT2D eigenvalue weighted by Crippen LogP contribution is -2.16. The minimum absolute atomic E-state index is 0.601. The fraction of sp³-hybridized carbons (Fsp3) is 0.364. The number of hydrazone groups is 1. The number of nitrogens with zero attached hydrogens (tertiary/aromatic N) is 3. The highest BCUT2D eigenvalue weighted by molar-refractivity contribution is 5.62. The summed E-state index contributed by atoms with van der Waals surface area (Å²) < 4.78 is 5.52. The van der Waals surface area contributed by atoms with Crippen molar-refractivity contribution in [1.29, 1.82) is 0 Å². The zero-order valence-electron chi connectivity index (χ0n) is 9.68. The number of hydrogen-bond acceptors (Lipinski definition) is 5. The molecule has 1 aromatic heterocycles. The molecule has 1 aliphatic rings. The first-order chi connectivity index (χ1) is 8.40. The van der Waals surface area contributed by atoms with E-state index in [0.717, 1.165) is 18.7 Å². The van der Waals surface area contributed by atoms with E-state index in [1.807, 2.05) is 19.1 Å². The Morgan fingerprint density at radius 3 is 3.35 bits per heavy atom. The van der Waals surface area contributed by atoms with Crippen molar-refractivity contribution in [2.24, 2.45) is 10.1 Å². The molecule has 2 rings (SSSR count). The van der Waals surface area contributed by atoms with Crippen LogP contribution in [0.15, 0.2) is 22.2 Å². The van der Waals surface area contributed by atoms with Crippen molar-refractivity contribution in [3.05, 3.63) is 17.7 Å². The van der Waals surface area contributed by atoms with Gasteiger partial charge in [0, 0.05) is 24.9 Å². The minimum atomic E-state index is 0.601. The number of nitrogens with one attached hydrogen (secondary N) is 2. The summed E-state index contributed by atoms with van der Waals surface area (Å²) in [5.74, 6) is 1.26. The molecule has 6 heteroatoms. The van der Waals surface area contributed by atoms with Crippen molar-refractivity contribution < 1.29 is 4.74 Å². The smallest absolute Gasteiger partial charge is 0.219 e. The van der Waals surface area contributed by atoms with E-state index in [4.69, 9.17) is 4.74 Å². The number of aliphatic imine (C=N–C) groups is 1. The summed E-state index contributed by atoms with van der Waals surface area (Å²) in [4.78, 5) is 8.44. The van der Waals surface area contributed by atoms with Crippen molar-refractivity contribution in [1.82, 2.24) is 15.7 Å². The molecular weight excluding hydrogens is 218 g/mol. The maximum Gasteiger partial charge on any atom is 0.219 e. The van der Waals surface area contributed by atoms with E-state index in [0.29, 0.717) is 18.3 Å². The molecular formula is C11H15N5O. The first-order valence-corrected chi connectivity index (χ1v) is 5.49. The fourth-order valence-electron chi connectivity index (χ4n) is 1.44. The molecule has 0 saturated heterocycles. The molecule has 17 heavy (non-hydrogen) atoms. The second-order valence-electron chi connectivity index (χ2n) is 3.43. The van der Waals surface area contributed by atoms with Gasteiger partial charge in [-0.05, 0) is 19.1 Å². The Morgan fingerprint density at radius 1 is 1.53 bits per heavy atom. The molecule has 0 saturated carbocycles. The number of pyridine rings is 1. The normalized spacial score (nSPS) is 15.6. The number of ether oxygens (including phenoxy) is 1. The molecule has 0 amide bonds. The lowest BCUT2D eigenvalue weighted by molar-refractivity contribution is 0.314. The molecule has 2 N–H and O–H groups in total. The summed E-state index contributed by atoms with van der Waals surface area (Å²) in [5.41, 5.74) is 3.72. The van der Waals surface area contributed by atoms with E-state index in [1.54, 1.807) is 6.21 Å². The average molecular weight is 233 g/mol. The van der Waals surface area contributed by atoms with Gasteiger partial charge in [-0.25, -0.2) is 4.99 Å². The van der Waals surface area contributed by atoms with Gasteiger partial charge in [0.25, 0.3) is 0 Å². The van der Waals surface area contributed by atoms with Gasteiger partial charge in [-0.1, -0.05) is 0 Å². The zero-order valence-corrected chi connectivity index (χ0v) is 9.68. The lowest BCUT2D eigenvalue weighted by Gasteiger charge is -2.05. The van der Waals surface area contributed by atoms with Crippen molar-refractivity contribution in [2.75, 3.05) is 13.2 Å². The van der Waals surface area contributed by atoms with Gasteiger partial charge in [0.1, 0.15) is 12.9 Å². The number of aromatic nitrogens is 1. The number of hydrogen-bond donors (Lipinski definition) is 2. The van der Waals surface area contributed by atoms with E-state index in [1.165, 1.54) is 6.34 Å². The summed E-state index contributed by atoms with van der Waals surface area (Å²) in [7, 11) is 0. The Morgan fingerprint density at radius 2 is 2.47 bits per heavy atom. The van der Waals surface area contributed by atoms with E-state index in [2.05, 4.69) is 25.8 Å². The van der Waals surface area contributed by atoms with Gasteiger partial charge in [0.15, 0.2) is 5.82 Å². The molecule has 0 bridgehead atoms. The van der Waals surface area contributed by atoms with Crippen molar-refractivity contribution in [3.8, 4) is 5.88 Å². The molecule has 6 nitrogen and oxygen atoms in total. The zero-order chi connectivity index (χ0) is 11.9. The van der Waals surface area contributed by atoms with Crippen molar-refractivity contribution in [2.45, 2.75) is 13.5 Å². The Bertz CT molecular complexity index is 430. The third-order valence-corrected chi connectivity index (χ3v) is 2.22. The summed E-state index contributed by atoms with van der Waals surface area (Å²) >= 11 is 0. The maximum absolute atomic E-state index is 5.52. The predicted octanol–water partition coefficient (Wildman–Crippen LogP) is 0.819. The van der Waals surface area contributed by atoms with Crippen LogP contribution in [0.3, 0.4) is 0 Å². The van der Waals surface area contributed by atoms with Crippen molar-refractivity contribution >= 4 is 18.4 Å². The molecule has 90 valence electrons. The van der Waals surface area contributed by atoms with Gasteiger partial charge in [0.05, 0.1) is 0 Å². The minimum Gasteiger partial charge on any atom is -0.476 e.